The van der Waals surface area contributed by atoms with E-state index >= 15 is 0 Å². The monoisotopic (exact) mass is 266 g/mol. The second-order valence-corrected chi connectivity index (χ2v) is 5.06. The van der Waals surface area contributed by atoms with Crippen LogP contribution in [0.5, 0.6) is 11.5 Å². The molecule has 1 heterocycles. The van der Waals surface area contributed by atoms with E-state index in [0.717, 1.165) is 18.5 Å². The molecule has 1 fully saturated rings. The number of nitrogens with zero attached hydrogens (tertiary/aromatic N) is 1. The van der Waals surface area contributed by atoms with Crippen LogP contribution in [-0.2, 0) is 11.3 Å². The van der Waals surface area contributed by atoms with Gasteiger partial charge in [0.25, 0.3) is 0 Å². The van der Waals surface area contributed by atoms with Gasteiger partial charge >= 0.3 is 0 Å². The van der Waals surface area contributed by atoms with Gasteiger partial charge in [-0.3, -0.25) is 4.98 Å². The first kappa shape index (κ1) is 14.1. The summed E-state index contributed by atoms with van der Waals surface area (Å²) in [5.74, 6) is 1.29. The number of rotatable bonds is 6. The largest absolute Gasteiger partial charge is 0.493 e. The van der Waals surface area contributed by atoms with Gasteiger partial charge in [-0.1, -0.05) is 12.8 Å². The molecule has 0 bridgehead atoms. The lowest BCUT2D eigenvalue weighted by Gasteiger charge is -2.23. The molecule has 1 aliphatic carbocycles. The molecule has 0 unspecified atom stereocenters. The van der Waals surface area contributed by atoms with Gasteiger partial charge in [-0.2, -0.15) is 0 Å². The molecule has 5 heteroatoms. The van der Waals surface area contributed by atoms with Crippen LogP contribution in [0.15, 0.2) is 12.3 Å². The van der Waals surface area contributed by atoms with E-state index in [-0.39, 0.29) is 5.54 Å². The van der Waals surface area contributed by atoms with Gasteiger partial charge in [0.15, 0.2) is 11.5 Å². The van der Waals surface area contributed by atoms with E-state index in [1.54, 1.807) is 26.5 Å². The standard InChI is InChI=1S/C14H22N2O3/c1-17-12-5-8-16-11(13(12)18-2)9-19-10-14(15)6-3-4-7-14/h5,8H,3-4,6-7,9-10,15H2,1-2H3. The summed E-state index contributed by atoms with van der Waals surface area (Å²) in [6.07, 6.45) is 6.15. The summed E-state index contributed by atoms with van der Waals surface area (Å²) in [5, 5.41) is 0. The molecule has 19 heavy (non-hydrogen) atoms. The third-order valence-electron chi connectivity index (χ3n) is 3.59. The molecule has 1 aromatic heterocycles. The number of pyridine rings is 1. The molecular formula is C14H22N2O3. The van der Waals surface area contributed by atoms with Crippen molar-refractivity contribution in [1.82, 2.24) is 4.98 Å². The lowest BCUT2D eigenvalue weighted by atomic mass is 10.0. The van der Waals surface area contributed by atoms with Gasteiger partial charge in [0, 0.05) is 17.8 Å². The second kappa shape index (κ2) is 6.21. The fourth-order valence-electron chi connectivity index (χ4n) is 2.53. The summed E-state index contributed by atoms with van der Waals surface area (Å²) in [6, 6.07) is 1.77. The summed E-state index contributed by atoms with van der Waals surface area (Å²) in [7, 11) is 3.21. The van der Waals surface area contributed by atoms with Crippen LogP contribution in [0, 0.1) is 0 Å². The highest BCUT2D eigenvalue weighted by molar-refractivity contribution is 5.42. The number of methoxy groups -OCH3 is 2. The van der Waals surface area contributed by atoms with Crippen molar-refractivity contribution in [3.63, 3.8) is 0 Å². The Morgan fingerprint density at radius 2 is 2.00 bits per heavy atom. The Morgan fingerprint density at radius 1 is 1.26 bits per heavy atom. The Labute approximate surface area is 114 Å². The molecule has 0 atom stereocenters. The van der Waals surface area contributed by atoms with E-state index in [1.807, 2.05) is 0 Å². The van der Waals surface area contributed by atoms with E-state index < -0.39 is 0 Å². The van der Waals surface area contributed by atoms with Crippen LogP contribution in [0.4, 0.5) is 0 Å². The van der Waals surface area contributed by atoms with Crippen molar-refractivity contribution in [3.05, 3.63) is 18.0 Å². The minimum absolute atomic E-state index is 0.161. The highest BCUT2D eigenvalue weighted by atomic mass is 16.5. The zero-order valence-corrected chi connectivity index (χ0v) is 11.6. The summed E-state index contributed by atoms with van der Waals surface area (Å²) in [4.78, 5) is 4.27. The smallest absolute Gasteiger partial charge is 0.184 e. The van der Waals surface area contributed by atoms with Crippen LogP contribution in [0.3, 0.4) is 0 Å². The van der Waals surface area contributed by atoms with Crippen molar-refractivity contribution in [2.75, 3.05) is 20.8 Å². The van der Waals surface area contributed by atoms with Crippen LogP contribution < -0.4 is 15.2 Å². The van der Waals surface area contributed by atoms with E-state index in [4.69, 9.17) is 19.9 Å². The highest BCUT2D eigenvalue weighted by Crippen LogP contribution is 2.31. The molecule has 2 rings (SSSR count). The molecule has 2 N–H and O–H groups in total. The molecule has 5 nitrogen and oxygen atoms in total. The SMILES string of the molecule is COc1ccnc(COCC2(N)CCCC2)c1OC. The Balaban J connectivity index is 1.95. The topological polar surface area (TPSA) is 66.6 Å². The van der Waals surface area contributed by atoms with Crippen molar-refractivity contribution in [2.24, 2.45) is 5.73 Å². The number of hydrogen-bond acceptors (Lipinski definition) is 5. The summed E-state index contributed by atoms with van der Waals surface area (Å²) in [6.45, 7) is 0.953. The molecule has 0 saturated heterocycles. The number of nitrogens with two attached hydrogens (primary N) is 1. The van der Waals surface area contributed by atoms with Gasteiger partial charge < -0.3 is 19.9 Å². The molecular weight excluding hydrogens is 244 g/mol. The molecule has 106 valence electrons. The van der Waals surface area contributed by atoms with Gasteiger partial charge in [-0.25, -0.2) is 0 Å². The number of aromatic nitrogens is 1. The van der Waals surface area contributed by atoms with E-state index in [9.17, 15) is 0 Å². The first-order chi connectivity index (χ1) is 9.18. The van der Waals surface area contributed by atoms with Gasteiger partial charge in [0.1, 0.15) is 5.69 Å². The first-order valence-electron chi connectivity index (χ1n) is 6.61. The highest BCUT2D eigenvalue weighted by Gasteiger charge is 2.29. The maximum atomic E-state index is 6.25. The van der Waals surface area contributed by atoms with Crippen LogP contribution in [-0.4, -0.2) is 31.3 Å². The normalized spacial score (nSPS) is 17.4. The second-order valence-electron chi connectivity index (χ2n) is 5.06. The predicted octanol–water partition coefficient (Wildman–Crippen LogP) is 1.89. The van der Waals surface area contributed by atoms with Crippen molar-refractivity contribution >= 4 is 0 Å². The molecule has 0 aliphatic heterocycles. The molecule has 0 radical (unpaired) electrons. The van der Waals surface area contributed by atoms with Crippen molar-refractivity contribution < 1.29 is 14.2 Å². The van der Waals surface area contributed by atoms with Crippen LogP contribution in [0.25, 0.3) is 0 Å². The zero-order valence-electron chi connectivity index (χ0n) is 11.6. The summed E-state index contributed by atoms with van der Waals surface area (Å²) >= 11 is 0. The fraction of sp³-hybridized carbons (Fsp3) is 0.643. The summed E-state index contributed by atoms with van der Waals surface area (Å²) < 4.78 is 16.3. The van der Waals surface area contributed by atoms with Crippen molar-refractivity contribution in [3.8, 4) is 11.5 Å². The lowest BCUT2D eigenvalue weighted by molar-refractivity contribution is 0.0716. The maximum Gasteiger partial charge on any atom is 0.184 e. The van der Waals surface area contributed by atoms with E-state index in [0.29, 0.717) is 24.7 Å². The molecule has 1 saturated carbocycles. The first-order valence-corrected chi connectivity index (χ1v) is 6.61. The van der Waals surface area contributed by atoms with E-state index in [1.165, 1.54) is 12.8 Å². The Bertz CT molecular complexity index is 417. The van der Waals surface area contributed by atoms with Crippen LogP contribution >= 0.6 is 0 Å². The minimum Gasteiger partial charge on any atom is -0.493 e. The molecule has 0 spiro atoms. The summed E-state index contributed by atoms with van der Waals surface area (Å²) in [5.41, 5.74) is 6.83. The van der Waals surface area contributed by atoms with Gasteiger partial charge in [-0.05, 0) is 12.8 Å². The average molecular weight is 266 g/mol. The molecule has 1 aliphatic rings. The molecule has 0 amide bonds. The van der Waals surface area contributed by atoms with Crippen LogP contribution in [0.1, 0.15) is 31.4 Å². The van der Waals surface area contributed by atoms with Gasteiger partial charge in [0.2, 0.25) is 0 Å². The fourth-order valence-corrected chi connectivity index (χ4v) is 2.53. The van der Waals surface area contributed by atoms with Crippen LogP contribution in [0.2, 0.25) is 0 Å². The third-order valence-corrected chi connectivity index (χ3v) is 3.59. The third kappa shape index (κ3) is 3.36. The van der Waals surface area contributed by atoms with E-state index in [2.05, 4.69) is 4.98 Å². The number of hydrogen-bond donors (Lipinski definition) is 1. The van der Waals surface area contributed by atoms with Gasteiger partial charge in [0.05, 0.1) is 27.4 Å². The zero-order chi connectivity index (χ0) is 13.7. The number of ether oxygens (including phenoxy) is 3. The lowest BCUT2D eigenvalue weighted by Crippen LogP contribution is -2.41. The Hall–Kier alpha value is -1.33. The molecule has 1 aromatic rings. The molecule has 0 aromatic carbocycles. The van der Waals surface area contributed by atoms with Gasteiger partial charge in [-0.15, -0.1) is 0 Å². The van der Waals surface area contributed by atoms with Crippen molar-refractivity contribution in [1.29, 1.82) is 0 Å². The van der Waals surface area contributed by atoms with Crippen molar-refractivity contribution in [2.45, 2.75) is 37.8 Å². The Kier molecular flexibility index (Phi) is 4.61. The maximum absolute atomic E-state index is 6.25. The Morgan fingerprint density at radius 3 is 2.63 bits per heavy atom. The average Bonchev–Trinajstić information content (AvgIpc) is 2.85. The predicted molar refractivity (Wildman–Crippen MR) is 72.4 cm³/mol. The minimum atomic E-state index is -0.161. The quantitative estimate of drug-likeness (QED) is 0.851.